The first kappa shape index (κ1) is 17.7. The number of anilines is 2. The SMILES string of the molecule is O=C(c1cnc2ccc(F)cc2c1Nc1ccccc1Cl)N1CCOCC1. The van der Waals surface area contributed by atoms with E-state index in [4.69, 9.17) is 16.3 Å². The molecule has 0 saturated carbocycles. The Morgan fingerprint density at radius 1 is 1.19 bits per heavy atom. The quantitative estimate of drug-likeness (QED) is 0.732. The zero-order chi connectivity index (χ0) is 18.8. The van der Waals surface area contributed by atoms with Crippen molar-refractivity contribution >= 4 is 39.8 Å². The minimum atomic E-state index is -0.400. The van der Waals surface area contributed by atoms with E-state index in [-0.39, 0.29) is 5.91 Å². The highest BCUT2D eigenvalue weighted by molar-refractivity contribution is 6.33. The van der Waals surface area contributed by atoms with Gasteiger partial charge in [0.2, 0.25) is 0 Å². The zero-order valence-electron chi connectivity index (χ0n) is 14.4. The van der Waals surface area contributed by atoms with Crippen molar-refractivity contribution in [3.8, 4) is 0 Å². The van der Waals surface area contributed by atoms with Crippen LogP contribution < -0.4 is 5.32 Å². The molecule has 1 fully saturated rings. The predicted octanol–water partition coefficient (Wildman–Crippen LogP) is 4.24. The third kappa shape index (κ3) is 3.59. The van der Waals surface area contributed by atoms with Gasteiger partial charge in [0.25, 0.3) is 5.91 Å². The van der Waals surface area contributed by atoms with Gasteiger partial charge < -0.3 is 15.0 Å². The second-order valence-electron chi connectivity index (χ2n) is 6.22. The molecule has 1 aromatic heterocycles. The Morgan fingerprint density at radius 2 is 1.96 bits per heavy atom. The molecule has 7 heteroatoms. The number of nitrogens with zero attached hydrogens (tertiary/aromatic N) is 2. The lowest BCUT2D eigenvalue weighted by Crippen LogP contribution is -2.41. The lowest BCUT2D eigenvalue weighted by Gasteiger charge is -2.28. The molecule has 1 aliphatic rings. The second kappa shape index (κ2) is 7.50. The molecule has 3 aromatic rings. The average Bonchev–Trinajstić information content (AvgIpc) is 2.70. The van der Waals surface area contributed by atoms with E-state index >= 15 is 0 Å². The van der Waals surface area contributed by atoms with Crippen molar-refractivity contribution in [3.63, 3.8) is 0 Å². The van der Waals surface area contributed by atoms with Crippen LogP contribution in [0.25, 0.3) is 10.9 Å². The molecule has 0 radical (unpaired) electrons. The highest BCUT2D eigenvalue weighted by atomic mass is 35.5. The minimum absolute atomic E-state index is 0.175. The second-order valence-corrected chi connectivity index (χ2v) is 6.62. The van der Waals surface area contributed by atoms with Crippen molar-refractivity contribution in [1.29, 1.82) is 0 Å². The zero-order valence-corrected chi connectivity index (χ0v) is 15.2. The van der Waals surface area contributed by atoms with Crippen LogP contribution in [-0.4, -0.2) is 42.1 Å². The molecule has 2 heterocycles. The molecule has 1 saturated heterocycles. The molecule has 1 N–H and O–H groups in total. The smallest absolute Gasteiger partial charge is 0.257 e. The summed E-state index contributed by atoms with van der Waals surface area (Å²) in [6, 6.07) is 11.5. The number of ether oxygens (including phenoxy) is 1. The number of benzene rings is 2. The van der Waals surface area contributed by atoms with Crippen LogP contribution in [0.15, 0.2) is 48.7 Å². The van der Waals surface area contributed by atoms with Crippen molar-refractivity contribution in [2.75, 3.05) is 31.6 Å². The first-order valence-corrected chi connectivity index (χ1v) is 8.98. The molecule has 0 unspecified atom stereocenters. The number of morpholine rings is 1. The van der Waals surface area contributed by atoms with E-state index in [1.165, 1.54) is 18.3 Å². The van der Waals surface area contributed by atoms with E-state index in [1.807, 2.05) is 12.1 Å². The molecular weight excluding hydrogens is 369 g/mol. The molecule has 1 aliphatic heterocycles. The summed E-state index contributed by atoms with van der Waals surface area (Å²) in [6.07, 6.45) is 1.53. The fourth-order valence-electron chi connectivity index (χ4n) is 3.10. The summed E-state index contributed by atoms with van der Waals surface area (Å²) >= 11 is 6.27. The summed E-state index contributed by atoms with van der Waals surface area (Å²) in [6.45, 7) is 2.00. The van der Waals surface area contributed by atoms with Crippen molar-refractivity contribution < 1.29 is 13.9 Å². The summed E-state index contributed by atoms with van der Waals surface area (Å²) < 4.78 is 19.2. The highest BCUT2D eigenvalue weighted by Gasteiger charge is 2.23. The van der Waals surface area contributed by atoms with Gasteiger partial charge in [0.15, 0.2) is 0 Å². The maximum Gasteiger partial charge on any atom is 0.257 e. The molecular formula is C20H17ClFN3O2. The fourth-order valence-corrected chi connectivity index (χ4v) is 3.28. The van der Waals surface area contributed by atoms with Gasteiger partial charge in [-0.2, -0.15) is 0 Å². The molecule has 0 spiro atoms. The Morgan fingerprint density at radius 3 is 2.74 bits per heavy atom. The Kier molecular flexibility index (Phi) is 4.92. The van der Waals surface area contributed by atoms with E-state index in [0.29, 0.717) is 59.2 Å². The van der Waals surface area contributed by atoms with Gasteiger partial charge in [-0.25, -0.2) is 4.39 Å². The summed E-state index contributed by atoms with van der Waals surface area (Å²) in [5, 5.41) is 4.24. The van der Waals surface area contributed by atoms with E-state index in [9.17, 15) is 9.18 Å². The normalized spacial score (nSPS) is 14.4. The number of para-hydroxylation sites is 1. The average molecular weight is 386 g/mol. The number of carbonyl (C=O) groups excluding carboxylic acids is 1. The van der Waals surface area contributed by atoms with Gasteiger partial charge in [0.1, 0.15) is 5.82 Å². The van der Waals surface area contributed by atoms with Gasteiger partial charge in [-0.05, 0) is 30.3 Å². The molecule has 27 heavy (non-hydrogen) atoms. The maximum atomic E-state index is 13.9. The van der Waals surface area contributed by atoms with E-state index in [1.54, 1.807) is 23.1 Å². The number of halogens is 2. The first-order chi connectivity index (χ1) is 13.1. The van der Waals surface area contributed by atoms with Gasteiger partial charge in [-0.3, -0.25) is 9.78 Å². The number of pyridine rings is 1. The van der Waals surface area contributed by atoms with Crippen LogP contribution in [0.5, 0.6) is 0 Å². The van der Waals surface area contributed by atoms with E-state index in [0.717, 1.165) is 0 Å². The van der Waals surface area contributed by atoms with Crippen molar-refractivity contribution in [2.24, 2.45) is 0 Å². The third-order valence-electron chi connectivity index (χ3n) is 4.49. The standard InChI is InChI=1S/C20H17ClFN3O2/c21-16-3-1-2-4-18(16)24-19-14-11-13(22)5-6-17(14)23-12-15(19)20(26)25-7-9-27-10-8-25/h1-6,11-12H,7-10H2,(H,23,24). The van der Waals surface area contributed by atoms with Crippen LogP contribution in [0.2, 0.25) is 5.02 Å². The summed E-state index contributed by atoms with van der Waals surface area (Å²) in [5.74, 6) is -0.575. The Hall–Kier alpha value is -2.70. The number of amides is 1. The number of fused-ring (bicyclic) bond motifs is 1. The van der Waals surface area contributed by atoms with Crippen LogP contribution in [0.4, 0.5) is 15.8 Å². The van der Waals surface area contributed by atoms with Crippen LogP contribution in [0, 0.1) is 5.82 Å². The van der Waals surface area contributed by atoms with Gasteiger partial charge in [-0.15, -0.1) is 0 Å². The number of carbonyl (C=O) groups is 1. The van der Waals surface area contributed by atoms with Crippen LogP contribution in [0.3, 0.4) is 0 Å². The predicted molar refractivity (Wildman–Crippen MR) is 103 cm³/mol. The van der Waals surface area contributed by atoms with Crippen LogP contribution in [-0.2, 0) is 4.74 Å². The Labute approximate surface area is 160 Å². The minimum Gasteiger partial charge on any atom is -0.378 e. The van der Waals surface area contributed by atoms with Gasteiger partial charge in [-0.1, -0.05) is 23.7 Å². The molecule has 0 bridgehead atoms. The summed E-state index contributed by atoms with van der Waals surface area (Å²) in [5.41, 5.74) is 2.08. The molecule has 0 atom stereocenters. The maximum absolute atomic E-state index is 13.9. The van der Waals surface area contributed by atoms with Gasteiger partial charge in [0, 0.05) is 24.7 Å². The highest BCUT2D eigenvalue weighted by Crippen LogP contribution is 2.33. The van der Waals surface area contributed by atoms with Crippen molar-refractivity contribution in [3.05, 3.63) is 65.1 Å². The molecule has 4 rings (SSSR count). The summed E-state index contributed by atoms with van der Waals surface area (Å²) in [4.78, 5) is 19.1. The molecule has 2 aromatic carbocycles. The lowest BCUT2D eigenvalue weighted by atomic mass is 10.1. The Bertz CT molecular complexity index is 1010. The topological polar surface area (TPSA) is 54.5 Å². The lowest BCUT2D eigenvalue weighted by molar-refractivity contribution is 0.0303. The number of aromatic nitrogens is 1. The largest absolute Gasteiger partial charge is 0.378 e. The van der Waals surface area contributed by atoms with Crippen molar-refractivity contribution in [2.45, 2.75) is 0 Å². The van der Waals surface area contributed by atoms with Gasteiger partial charge >= 0.3 is 0 Å². The van der Waals surface area contributed by atoms with Crippen LogP contribution >= 0.6 is 11.6 Å². The number of rotatable bonds is 3. The first-order valence-electron chi connectivity index (χ1n) is 8.60. The number of hydrogen-bond acceptors (Lipinski definition) is 4. The molecule has 0 aliphatic carbocycles. The molecule has 138 valence electrons. The monoisotopic (exact) mass is 385 g/mol. The fraction of sp³-hybridized carbons (Fsp3) is 0.200. The number of nitrogens with one attached hydrogen (secondary N) is 1. The number of hydrogen-bond donors (Lipinski definition) is 1. The Balaban J connectivity index is 1.85. The third-order valence-corrected chi connectivity index (χ3v) is 4.82. The van der Waals surface area contributed by atoms with Crippen molar-refractivity contribution in [1.82, 2.24) is 9.88 Å². The van der Waals surface area contributed by atoms with E-state index < -0.39 is 5.82 Å². The van der Waals surface area contributed by atoms with E-state index in [2.05, 4.69) is 10.3 Å². The molecule has 5 nitrogen and oxygen atoms in total. The van der Waals surface area contributed by atoms with Gasteiger partial charge in [0.05, 0.1) is 40.7 Å². The molecule has 1 amide bonds. The van der Waals surface area contributed by atoms with Crippen LogP contribution in [0.1, 0.15) is 10.4 Å². The summed E-state index contributed by atoms with van der Waals surface area (Å²) in [7, 11) is 0.